The van der Waals surface area contributed by atoms with Gasteiger partial charge in [0.2, 0.25) is 5.82 Å². The molecular weight excluding hydrogens is 433 g/mol. The van der Waals surface area contributed by atoms with Crippen molar-refractivity contribution in [1.29, 1.82) is 5.26 Å². The van der Waals surface area contributed by atoms with Crippen LogP contribution in [0.5, 0.6) is 5.88 Å². The summed E-state index contributed by atoms with van der Waals surface area (Å²) in [5, 5.41) is 12.2. The average Bonchev–Trinajstić information content (AvgIpc) is 3.49. The molecule has 1 aromatic carbocycles. The van der Waals surface area contributed by atoms with Crippen LogP contribution < -0.4 is 10.1 Å². The highest BCUT2D eigenvalue weighted by Crippen LogP contribution is 2.46. The molecule has 2 saturated heterocycles. The Bertz CT molecular complexity index is 1040. The van der Waals surface area contributed by atoms with E-state index in [1.807, 2.05) is 6.07 Å². The first-order chi connectivity index (χ1) is 15.4. The maximum absolute atomic E-state index is 15.2. The van der Waals surface area contributed by atoms with Crippen LogP contribution in [-0.2, 0) is 4.74 Å². The number of benzene rings is 1. The largest absolute Gasteiger partial charge is 0.471 e. The third-order valence-corrected chi connectivity index (χ3v) is 6.96. The summed E-state index contributed by atoms with van der Waals surface area (Å²) in [4.78, 5) is 10.6. The molecule has 0 amide bonds. The number of halogens is 2. The number of likely N-dealkylation sites (tertiary alicyclic amines) is 1. The molecule has 3 aliphatic rings. The molecule has 1 saturated carbocycles. The number of fused-ring (bicyclic) bond motifs is 2. The molecular formula is C23H25ClFN5O2. The van der Waals surface area contributed by atoms with E-state index in [2.05, 4.69) is 27.1 Å². The molecule has 168 valence electrons. The van der Waals surface area contributed by atoms with E-state index in [-0.39, 0.29) is 29.6 Å². The molecule has 1 N–H and O–H groups in total. The monoisotopic (exact) mass is 457 g/mol. The van der Waals surface area contributed by atoms with Crippen molar-refractivity contribution in [3.8, 4) is 11.9 Å². The lowest BCUT2D eigenvalue weighted by molar-refractivity contribution is -0.117. The van der Waals surface area contributed by atoms with Crippen LogP contribution in [0.15, 0.2) is 24.5 Å². The minimum atomic E-state index is -0.667. The number of rotatable bonds is 6. The molecule has 32 heavy (non-hydrogen) atoms. The highest BCUT2D eigenvalue weighted by Gasteiger charge is 2.46. The fourth-order valence-corrected chi connectivity index (χ4v) is 4.92. The van der Waals surface area contributed by atoms with Gasteiger partial charge in [-0.2, -0.15) is 14.6 Å². The van der Waals surface area contributed by atoms with E-state index >= 15 is 4.39 Å². The molecule has 7 nitrogen and oxygen atoms in total. The van der Waals surface area contributed by atoms with Gasteiger partial charge in [0.15, 0.2) is 5.82 Å². The average molecular weight is 458 g/mol. The van der Waals surface area contributed by atoms with Crippen LogP contribution in [0.25, 0.3) is 0 Å². The highest BCUT2D eigenvalue weighted by molar-refractivity contribution is 6.33. The van der Waals surface area contributed by atoms with Gasteiger partial charge < -0.3 is 19.7 Å². The molecule has 3 heterocycles. The van der Waals surface area contributed by atoms with E-state index in [9.17, 15) is 0 Å². The van der Waals surface area contributed by atoms with Crippen LogP contribution in [0.1, 0.15) is 25.3 Å². The first-order valence-corrected chi connectivity index (χ1v) is 11.3. The molecule has 9 heteroatoms. The predicted octanol–water partition coefficient (Wildman–Crippen LogP) is 4.01. The molecule has 5 rings (SSSR count). The van der Waals surface area contributed by atoms with Gasteiger partial charge in [0.05, 0.1) is 35.6 Å². The van der Waals surface area contributed by atoms with Gasteiger partial charge >= 0.3 is 0 Å². The summed E-state index contributed by atoms with van der Waals surface area (Å²) in [7, 11) is 0. The molecule has 2 bridgehead atoms. The molecule has 2 aliphatic heterocycles. The summed E-state index contributed by atoms with van der Waals surface area (Å²) in [5.41, 5.74) is 1.32. The fourth-order valence-electron chi connectivity index (χ4n) is 4.69. The molecule has 2 unspecified atom stereocenters. The van der Waals surface area contributed by atoms with Crippen molar-refractivity contribution >= 4 is 23.1 Å². The Kier molecular flexibility index (Phi) is 5.66. The normalized spacial score (nSPS) is 26.2. The second kappa shape index (κ2) is 8.47. The second-order valence-electron chi connectivity index (χ2n) is 9.42. The minimum absolute atomic E-state index is 0.0258. The molecule has 0 spiro atoms. The van der Waals surface area contributed by atoms with Crippen molar-refractivity contribution in [1.82, 2.24) is 14.9 Å². The number of nitrogens with zero attached hydrogens (tertiary/aromatic N) is 4. The number of nitrogens with one attached hydrogen (secondary N) is 1. The Balaban J connectivity index is 1.31. The van der Waals surface area contributed by atoms with Crippen LogP contribution >= 0.6 is 11.6 Å². The van der Waals surface area contributed by atoms with Gasteiger partial charge in [0.25, 0.3) is 5.88 Å². The first kappa shape index (κ1) is 21.4. The maximum atomic E-state index is 15.2. The Hall–Kier alpha value is -2.47. The standard InChI is InChI=1S/C23H25ClFN5O2/c1-23(4-5-23)12-30-8-15-10-31-11-16(9-30)20(15)32-22-19(25)21(27-13-28-22)29-18-3-2-14(7-26)6-17(18)24/h2-3,6,13,15-16,20H,4-5,8-12H2,1H3,(H,27,28,29). The van der Waals surface area contributed by atoms with E-state index in [0.717, 1.165) is 19.6 Å². The number of ether oxygens (including phenoxy) is 2. The van der Waals surface area contributed by atoms with Crippen LogP contribution in [0, 0.1) is 34.4 Å². The van der Waals surface area contributed by atoms with E-state index < -0.39 is 5.82 Å². The number of nitriles is 1. The summed E-state index contributed by atoms with van der Waals surface area (Å²) in [6.07, 6.45) is 3.71. The third-order valence-electron chi connectivity index (χ3n) is 6.64. The topological polar surface area (TPSA) is 83.3 Å². The lowest BCUT2D eigenvalue weighted by Crippen LogP contribution is -2.58. The van der Waals surface area contributed by atoms with Gasteiger partial charge in [-0.3, -0.25) is 0 Å². The van der Waals surface area contributed by atoms with E-state index in [1.54, 1.807) is 12.1 Å². The Labute approximate surface area is 191 Å². The van der Waals surface area contributed by atoms with Crippen LogP contribution in [0.3, 0.4) is 0 Å². The summed E-state index contributed by atoms with van der Waals surface area (Å²) < 4.78 is 27.1. The second-order valence-corrected chi connectivity index (χ2v) is 9.82. The zero-order valence-electron chi connectivity index (χ0n) is 17.9. The first-order valence-electron chi connectivity index (χ1n) is 10.9. The van der Waals surface area contributed by atoms with Crippen molar-refractivity contribution in [2.45, 2.75) is 25.9 Å². The van der Waals surface area contributed by atoms with Crippen LogP contribution in [0.4, 0.5) is 15.9 Å². The van der Waals surface area contributed by atoms with Crippen LogP contribution in [-0.4, -0.2) is 53.8 Å². The third kappa shape index (κ3) is 4.38. The molecule has 1 aliphatic carbocycles. The van der Waals surface area contributed by atoms with Crippen molar-refractivity contribution in [3.63, 3.8) is 0 Å². The Morgan fingerprint density at radius 2 is 2.06 bits per heavy atom. The fraction of sp³-hybridized carbons (Fsp3) is 0.522. The number of hydrogen-bond acceptors (Lipinski definition) is 7. The zero-order chi connectivity index (χ0) is 22.3. The van der Waals surface area contributed by atoms with Gasteiger partial charge in [0.1, 0.15) is 12.4 Å². The lowest BCUT2D eigenvalue weighted by atomic mass is 9.84. The number of aromatic nitrogens is 2. The van der Waals surface area contributed by atoms with E-state index in [0.29, 0.717) is 34.9 Å². The molecule has 3 fully saturated rings. The summed E-state index contributed by atoms with van der Waals surface area (Å²) in [6, 6.07) is 6.74. The molecule has 2 atom stereocenters. The Morgan fingerprint density at radius 3 is 2.72 bits per heavy atom. The molecule has 0 radical (unpaired) electrons. The molecule has 1 aromatic heterocycles. The van der Waals surface area contributed by atoms with Gasteiger partial charge in [-0.1, -0.05) is 18.5 Å². The van der Waals surface area contributed by atoms with Crippen molar-refractivity contribution < 1.29 is 13.9 Å². The predicted molar refractivity (Wildman–Crippen MR) is 117 cm³/mol. The summed E-state index contributed by atoms with van der Waals surface area (Å²) in [6.45, 7) is 6.42. The number of hydrogen-bond donors (Lipinski definition) is 1. The van der Waals surface area contributed by atoms with Crippen molar-refractivity contribution in [2.75, 3.05) is 38.2 Å². The smallest absolute Gasteiger partial charge is 0.256 e. The lowest BCUT2D eigenvalue weighted by Gasteiger charge is -2.47. The summed E-state index contributed by atoms with van der Waals surface area (Å²) >= 11 is 6.21. The SMILES string of the molecule is CC1(CN2CC3COCC(C2)C3Oc2ncnc(Nc3ccc(C#N)cc3Cl)c2F)CC1. The van der Waals surface area contributed by atoms with Gasteiger partial charge in [0, 0.05) is 31.5 Å². The van der Waals surface area contributed by atoms with Gasteiger partial charge in [-0.05, 0) is 36.5 Å². The quantitative estimate of drug-likeness (QED) is 0.701. The van der Waals surface area contributed by atoms with Crippen LogP contribution in [0.2, 0.25) is 5.02 Å². The van der Waals surface area contributed by atoms with Crippen molar-refractivity contribution in [3.05, 3.63) is 40.9 Å². The number of piperidine rings is 1. The summed E-state index contributed by atoms with van der Waals surface area (Å²) in [5.74, 6) is -0.425. The Morgan fingerprint density at radius 1 is 1.31 bits per heavy atom. The van der Waals surface area contributed by atoms with E-state index in [4.69, 9.17) is 26.3 Å². The minimum Gasteiger partial charge on any atom is -0.471 e. The highest BCUT2D eigenvalue weighted by atomic mass is 35.5. The number of anilines is 2. The molecule has 2 aromatic rings. The maximum Gasteiger partial charge on any atom is 0.256 e. The van der Waals surface area contributed by atoms with Crippen molar-refractivity contribution in [2.24, 2.45) is 17.3 Å². The van der Waals surface area contributed by atoms with Gasteiger partial charge in [-0.15, -0.1) is 0 Å². The van der Waals surface area contributed by atoms with Gasteiger partial charge in [-0.25, -0.2) is 4.98 Å². The zero-order valence-corrected chi connectivity index (χ0v) is 18.6. The van der Waals surface area contributed by atoms with E-state index in [1.165, 1.54) is 25.2 Å².